The lowest BCUT2D eigenvalue weighted by Gasteiger charge is -2.55. The highest BCUT2D eigenvalue weighted by Crippen LogP contribution is 2.45. The fourth-order valence-corrected chi connectivity index (χ4v) is 2.28. The summed E-state index contributed by atoms with van der Waals surface area (Å²) in [6.45, 7) is 17.7. The topological polar surface area (TPSA) is 21.3 Å². The molecule has 0 radical (unpaired) electrons. The Labute approximate surface area is 101 Å². The van der Waals surface area contributed by atoms with Gasteiger partial charge < -0.3 is 10.1 Å². The van der Waals surface area contributed by atoms with E-state index < -0.39 is 0 Å². The zero-order chi connectivity index (χ0) is 12.8. The zero-order valence-electron chi connectivity index (χ0n) is 12.3. The number of rotatable bonds is 2. The predicted octanol–water partition coefficient (Wildman–Crippen LogP) is 3.36. The van der Waals surface area contributed by atoms with Crippen molar-refractivity contribution >= 4 is 0 Å². The van der Waals surface area contributed by atoms with E-state index >= 15 is 0 Å². The summed E-state index contributed by atoms with van der Waals surface area (Å²) in [5.74, 6) is 0. The molecule has 0 bridgehead atoms. The molecule has 1 aliphatic rings. The van der Waals surface area contributed by atoms with E-state index in [1.165, 1.54) is 0 Å². The lowest BCUT2D eigenvalue weighted by molar-refractivity contribution is -0.175. The first-order valence-corrected chi connectivity index (χ1v) is 6.37. The Balaban J connectivity index is 2.54. The summed E-state index contributed by atoms with van der Waals surface area (Å²) in [7, 11) is 0. The van der Waals surface area contributed by atoms with Crippen molar-refractivity contribution in [1.29, 1.82) is 0 Å². The summed E-state index contributed by atoms with van der Waals surface area (Å²) in [6, 6.07) is 0.569. The maximum atomic E-state index is 6.09. The highest BCUT2D eigenvalue weighted by atomic mass is 16.5. The summed E-state index contributed by atoms with van der Waals surface area (Å²) in [5, 5.41) is 3.68. The van der Waals surface area contributed by atoms with Crippen molar-refractivity contribution in [1.82, 2.24) is 5.32 Å². The molecule has 0 aromatic rings. The molecule has 0 amide bonds. The van der Waals surface area contributed by atoms with Crippen molar-refractivity contribution in [2.45, 2.75) is 85.1 Å². The molecule has 0 aromatic carbocycles. The summed E-state index contributed by atoms with van der Waals surface area (Å²) >= 11 is 0. The van der Waals surface area contributed by atoms with Gasteiger partial charge in [0.05, 0.1) is 11.7 Å². The van der Waals surface area contributed by atoms with Gasteiger partial charge in [0, 0.05) is 17.0 Å². The van der Waals surface area contributed by atoms with E-state index in [0.717, 1.165) is 6.42 Å². The Hall–Kier alpha value is -0.0800. The first-order chi connectivity index (χ1) is 6.92. The summed E-state index contributed by atoms with van der Waals surface area (Å²) in [5.41, 5.74) is 0.393. The van der Waals surface area contributed by atoms with Gasteiger partial charge in [0.2, 0.25) is 0 Å². The van der Waals surface area contributed by atoms with Gasteiger partial charge in [-0.3, -0.25) is 0 Å². The Bertz CT molecular complexity index is 220. The van der Waals surface area contributed by atoms with Crippen LogP contribution < -0.4 is 5.32 Å². The van der Waals surface area contributed by atoms with Crippen LogP contribution in [0.5, 0.6) is 0 Å². The Morgan fingerprint density at radius 1 is 1.06 bits per heavy atom. The molecule has 0 aliphatic heterocycles. The van der Waals surface area contributed by atoms with E-state index in [-0.39, 0.29) is 16.6 Å². The molecule has 0 spiro atoms. The molecule has 96 valence electrons. The van der Waals surface area contributed by atoms with Crippen molar-refractivity contribution in [3.63, 3.8) is 0 Å². The molecule has 2 atom stereocenters. The van der Waals surface area contributed by atoms with Crippen molar-refractivity contribution < 1.29 is 4.74 Å². The van der Waals surface area contributed by atoms with Gasteiger partial charge in [-0.2, -0.15) is 0 Å². The molecule has 2 heteroatoms. The molecule has 0 saturated heterocycles. The van der Waals surface area contributed by atoms with Crippen LogP contribution in [0.4, 0.5) is 0 Å². The molecule has 1 fully saturated rings. The van der Waals surface area contributed by atoms with E-state index in [2.05, 4.69) is 60.7 Å². The molecule has 1 rings (SSSR count). The maximum Gasteiger partial charge on any atom is 0.0663 e. The van der Waals surface area contributed by atoms with Gasteiger partial charge in [0.15, 0.2) is 0 Å². The number of ether oxygens (including phenoxy) is 1. The molecule has 0 aromatic heterocycles. The van der Waals surface area contributed by atoms with Crippen LogP contribution in [-0.4, -0.2) is 23.3 Å². The minimum atomic E-state index is -0.0331. The van der Waals surface area contributed by atoms with Gasteiger partial charge >= 0.3 is 0 Å². The molecule has 16 heavy (non-hydrogen) atoms. The van der Waals surface area contributed by atoms with Crippen LogP contribution in [0.15, 0.2) is 0 Å². The summed E-state index contributed by atoms with van der Waals surface area (Å²) in [6.07, 6.45) is 1.51. The lowest BCUT2D eigenvalue weighted by Crippen LogP contribution is -2.65. The highest BCUT2D eigenvalue weighted by Gasteiger charge is 2.50. The van der Waals surface area contributed by atoms with E-state index in [9.17, 15) is 0 Å². The lowest BCUT2D eigenvalue weighted by atomic mass is 9.63. The number of nitrogens with one attached hydrogen (secondary N) is 1. The third-order valence-electron chi connectivity index (χ3n) is 3.28. The standard InChI is InChI=1S/C14H29NO/c1-12(2,3)15-10-9-11(14(10,7)8)16-13(4,5)6/h10-11,15H,9H2,1-8H3/t10-,11+/m0/s1. The number of hydrogen-bond acceptors (Lipinski definition) is 2. The number of hydrogen-bond donors (Lipinski definition) is 1. The predicted molar refractivity (Wildman–Crippen MR) is 69.7 cm³/mol. The van der Waals surface area contributed by atoms with Crippen LogP contribution >= 0.6 is 0 Å². The molecule has 1 N–H and O–H groups in total. The van der Waals surface area contributed by atoms with Crippen molar-refractivity contribution in [2.24, 2.45) is 5.41 Å². The molecule has 1 aliphatic carbocycles. The Morgan fingerprint density at radius 3 is 1.88 bits per heavy atom. The average Bonchev–Trinajstić information content (AvgIpc) is 1.98. The van der Waals surface area contributed by atoms with E-state index in [1.54, 1.807) is 0 Å². The maximum absolute atomic E-state index is 6.09. The van der Waals surface area contributed by atoms with Gasteiger partial charge in [0.1, 0.15) is 0 Å². The Morgan fingerprint density at radius 2 is 1.56 bits per heavy atom. The molecular weight excluding hydrogens is 198 g/mol. The second kappa shape index (κ2) is 3.99. The zero-order valence-corrected chi connectivity index (χ0v) is 12.3. The van der Waals surface area contributed by atoms with Gasteiger partial charge in [0.25, 0.3) is 0 Å². The molecular formula is C14H29NO. The van der Waals surface area contributed by atoms with Crippen LogP contribution in [0.2, 0.25) is 0 Å². The molecule has 2 nitrogen and oxygen atoms in total. The van der Waals surface area contributed by atoms with Crippen LogP contribution in [0.1, 0.15) is 61.8 Å². The fraction of sp³-hybridized carbons (Fsp3) is 1.00. The van der Waals surface area contributed by atoms with Gasteiger partial charge in [-0.05, 0) is 48.0 Å². The minimum absolute atomic E-state index is 0.0331. The van der Waals surface area contributed by atoms with Gasteiger partial charge in [-0.1, -0.05) is 13.8 Å². The largest absolute Gasteiger partial charge is 0.372 e. The smallest absolute Gasteiger partial charge is 0.0663 e. The average molecular weight is 227 g/mol. The van der Waals surface area contributed by atoms with E-state index in [4.69, 9.17) is 4.74 Å². The van der Waals surface area contributed by atoms with Gasteiger partial charge in [-0.15, -0.1) is 0 Å². The van der Waals surface area contributed by atoms with Crippen molar-refractivity contribution in [3.8, 4) is 0 Å². The van der Waals surface area contributed by atoms with Crippen molar-refractivity contribution in [2.75, 3.05) is 0 Å². The third-order valence-corrected chi connectivity index (χ3v) is 3.28. The van der Waals surface area contributed by atoms with Gasteiger partial charge in [-0.25, -0.2) is 0 Å². The summed E-state index contributed by atoms with van der Waals surface area (Å²) < 4.78 is 6.09. The van der Waals surface area contributed by atoms with Crippen LogP contribution in [0, 0.1) is 5.41 Å². The van der Waals surface area contributed by atoms with Crippen LogP contribution in [-0.2, 0) is 4.74 Å². The van der Waals surface area contributed by atoms with Crippen molar-refractivity contribution in [3.05, 3.63) is 0 Å². The summed E-state index contributed by atoms with van der Waals surface area (Å²) in [4.78, 5) is 0. The monoisotopic (exact) mass is 227 g/mol. The van der Waals surface area contributed by atoms with Crippen LogP contribution in [0.25, 0.3) is 0 Å². The van der Waals surface area contributed by atoms with E-state index in [0.29, 0.717) is 12.1 Å². The second-order valence-electron chi connectivity index (χ2n) is 7.72. The minimum Gasteiger partial charge on any atom is -0.372 e. The molecule has 0 heterocycles. The van der Waals surface area contributed by atoms with Crippen LogP contribution in [0.3, 0.4) is 0 Å². The first-order valence-electron chi connectivity index (χ1n) is 6.37. The second-order valence-corrected chi connectivity index (χ2v) is 7.72. The molecule has 1 saturated carbocycles. The fourth-order valence-electron chi connectivity index (χ4n) is 2.28. The highest BCUT2D eigenvalue weighted by molar-refractivity contribution is 5.05. The first kappa shape index (κ1) is 14.0. The molecule has 0 unspecified atom stereocenters. The quantitative estimate of drug-likeness (QED) is 0.781. The van der Waals surface area contributed by atoms with E-state index in [1.807, 2.05) is 0 Å². The normalized spacial score (nSPS) is 30.0. The Kier molecular flexibility index (Phi) is 3.49. The third kappa shape index (κ3) is 3.46. The SMILES string of the molecule is CC(C)(C)N[C@H]1C[C@@H](OC(C)(C)C)C1(C)C.